The van der Waals surface area contributed by atoms with Gasteiger partial charge in [0, 0.05) is 41.8 Å². The molecule has 2 N–H and O–H groups in total. The topological polar surface area (TPSA) is 85.0 Å². The third-order valence-electron chi connectivity index (χ3n) is 6.32. The molecule has 4 aromatic rings. The molecule has 7 heteroatoms. The number of nitrogens with zero attached hydrogens (tertiary/aromatic N) is 4. The van der Waals surface area contributed by atoms with Crippen LogP contribution in [0.4, 0.5) is 0 Å². The van der Waals surface area contributed by atoms with Crippen LogP contribution in [0.25, 0.3) is 21.9 Å². The van der Waals surface area contributed by atoms with Gasteiger partial charge in [-0.25, -0.2) is 0 Å². The van der Waals surface area contributed by atoms with E-state index >= 15 is 0 Å². The van der Waals surface area contributed by atoms with Gasteiger partial charge < -0.3 is 15.0 Å². The van der Waals surface area contributed by atoms with Gasteiger partial charge in [-0.3, -0.25) is 14.5 Å². The molecule has 31 heavy (non-hydrogen) atoms. The van der Waals surface area contributed by atoms with Crippen molar-refractivity contribution < 1.29 is 9.90 Å². The van der Waals surface area contributed by atoms with Crippen LogP contribution in [-0.2, 0) is 7.05 Å². The molecule has 0 bridgehead atoms. The van der Waals surface area contributed by atoms with E-state index in [-0.39, 0.29) is 12.5 Å². The highest BCUT2D eigenvalue weighted by Gasteiger charge is 2.24. The quantitative estimate of drug-likeness (QED) is 0.516. The van der Waals surface area contributed by atoms with Crippen molar-refractivity contribution in [1.82, 2.24) is 24.6 Å². The van der Waals surface area contributed by atoms with E-state index in [9.17, 15) is 9.90 Å². The van der Waals surface area contributed by atoms with Crippen LogP contribution in [0.15, 0.2) is 48.8 Å². The summed E-state index contributed by atoms with van der Waals surface area (Å²) in [6, 6.07) is 11.2. The average Bonchev–Trinajstić information content (AvgIpc) is 3.32. The molecule has 1 saturated carbocycles. The van der Waals surface area contributed by atoms with E-state index in [0.717, 1.165) is 21.9 Å². The predicted molar refractivity (Wildman–Crippen MR) is 120 cm³/mol. The number of carbonyl (C=O) groups excluding carboxylic acids is 1. The van der Waals surface area contributed by atoms with Crippen molar-refractivity contribution in [3.05, 3.63) is 60.0 Å². The fraction of sp³-hybridized carbons (Fsp3) is 0.375. The summed E-state index contributed by atoms with van der Waals surface area (Å²) in [5, 5.41) is 19.5. The number of rotatable bonds is 5. The summed E-state index contributed by atoms with van der Waals surface area (Å²) in [6.07, 6.45) is 9.81. The van der Waals surface area contributed by atoms with Gasteiger partial charge in [-0.15, -0.1) is 0 Å². The molecule has 5 rings (SSSR count). The molecule has 1 aliphatic carbocycles. The summed E-state index contributed by atoms with van der Waals surface area (Å²) >= 11 is 0. The van der Waals surface area contributed by atoms with Crippen LogP contribution in [0.5, 0.6) is 0 Å². The normalized spacial score (nSPS) is 16.1. The van der Waals surface area contributed by atoms with Crippen molar-refractivity contribution in [1.29, 1.82) is 0 Å². The number of aromatic nitrogens is 4. The number of fused-ring (bicyclic) bond motifs is 3. The van der Waals surface area contributed by atoms with E-state index in [1.165, 1.54) is 32.1 Å². The van der Waals surface area contributed by atoms with E-state index in [1.807, 2.05) is 48.3 Å². The second-order valence-electron chi connectivity index (χ2n) is 8.40. The summed E-state index contributed by atoms with van der Waals surface area (Å²) in [7, 11) is 1.94. The third-order valence-corrected chi connectivity index (χ3v) is 6.32. The lowest BCUT2D eigenvalue weighted by atomic mass is 9.95. The summed E-state index contributed by atoms with van der Waals surface area (Å²) < 4.78 is 4.22. The second kappa shape index (κ2) is 8.15. The Kier molecular flexibility index (Phi) is 5.19. The fourth-order valence-electron chi connectivity index (χ4n) is 4.81. The highest BCUT2D eigenvalue weighted by Crippen LogP contribution is 2.37. The number of aliphatic hydroxyl groups is 1. The SMILES string of the molecule is Cn1cc2c3cc(C(=O)N[C@@H](CO)c4ccccn4)ccc3n(C3CCCCC3)c2n1. The van der Waals surface area contributed by atoms with Gasteiger partial charge in [0.05, 0.1) is 23.9 Å². The van der Waals surface area contributed by atoms with E-state index in [2.05, 4.69) is 14.9 Å². The molecule has 0 unspecified atom stereocenters. The Morgan fingerprint density at radius 1 is 1.19 bits per heavy atom. The van der Waals surface area contributed by atoms with E-state index in [0.29, 0.717) is 17.3 Å². The lowest BCUT2D eigenvalue weighted by molar-refractivity contribution is 0.0915. The summed E-state index contributed by atoms with van der Waals surface area (Å²) in [5.74, 6) is -0.228. The number of aryl methyl sites for hydroxylation is 1. The third kappa shape index (κ3) is 3.59. The van der Waals surface area contributed by atoms with Gasteiger partial charge in [0.1, 0.15) is 0 Å². The van der Waals surface area contributed by atoms with Crippen LogP contribution in [0.1, 0.15) is 60.2 Å². The fourth-order valence-corrected chi connectivity index (χ4v) is 4.81. The van der Waals surface area contributed by atoms with Crippen molar-refractivity contribution in [2.24, 2.45) is 7.05 Å². The van der Waals surface area contributed by atoms with E-state index < -0.39 is 6.04 Å². The number of aliphatic hydroxyl groups excluding tert-OH is 1. The summed E-state index contributed by atoms with van der Waals surface area (Å²) in [5.41, 5.74) is 3.32. The maximum atomic E-state index is 13.0. The highest BCUT2D eigenvalue weighted by molar-refractivity contribution is 6.09. The molecule has 1 aliphatic rings. The van der Waals surface area contributed by atoms with Crippen LogP contribution in [-0.4, -0.2) is 37.0 Å². The zero-order valence-corrected chi connectivity index (χ0v) is 17.7. The Morgan fingerprint density at radius 2 is 2.03 bits per heavy atom. The first kappa shape index (κ1) is 19.8. The number of carbonyl (C=O) groups is 1. The van der Waals surface area contributed by atoms with Gasteiger partial charge in [-0.1, -0.05) is 25.3 Å². The largest absolute Gasteiger partial charge is 0.394 e. The predicted octanol–water partition coefficient (Wildman–Crippen LogP) is 3.89. The van der Waals surface area contributed by atoms with Crippen LogP contribution in [0.3, 0.4) is 0 Å². The molecule has 1 fully saturated rings. The molecule has 1 amide bonds. The van der Waals surface area contributed by atoms with Crippen molar-refractivity contribution in [3.8, 4) is 0 Å². The molecule has 7 nitrogen and oxygen atoms in total. The molecule has 3 heterocycles. The Labute approximate surface area is 180 Å². The molecule has 0 spiro atoms. The molecule has 0 saturated heterocycles. The summed E-state index contributed by atoms with van der Waals surface area (Å²) in [6.45, 7) is -0.212. The van der Waals surface area contributed by atoms with Gasteiger partial charge >= 0.3 is 0 Å². The first-order chi connectivity index (χ1) is 15.2. The Bertz CT molecular complexity index is 1220. The second-order valence-corrected chi connectivity index (χ2v) is 8.40. The van der Waals surface area contributed by atoms with Gasteiger partial charge in [-0.05, 0) is 43.2 Å². The lowest BCUT2D eigenvalue weighted by Crippen LogP contribution is -2.31. The first-order valence-electron chi connectivity index (χ1n) is 11.0. The Balaban J connectivity index is 1.52. The molecule has 3 aromatic heterocycles. The number of amides is 1. The number of pyridine rings is 1. The Hall–Kier alpha value is -3.19. The van der Waals surface area contributed by atoms with Crippen LogP contribution in [0, 0.1) is 0 Å². The lowest BCUT2D eigenvalue weighted by Gasteiger charge is -2.24. The van der Waals surface area contributed by atoms with E-state index in [4.69, 9.17) is 5.10 Å². The first-order valence-corrected chi connectivity index (χ1v) is 11.0. The molecular formula is C24H27N5O2. The number of nitrogens with one attached hydrogen (secondary N) is 1. The molecular weight excluding hydrogens is 390 g/mol. The van der Waals surface area contributed by atoms with Crippen molar-refractivity contribution in [2.75, 3.05) is 6.61 Å². The van der Waals surface area contributed by atoms with E-state index in [1.54, 1.807) is 12.3 Å². The summed E-state index contributed by atoms with van der Waals surface area (Å²) in [4.78, 5) is 17.3. The van der Waals surface area contributed by atoms with Crippen molar-refractivity contribution in [2.45, 2.75) is 44.2 Å². The standard InChI is InChI=1S/C24H27N5O2/c1-28-14-19-18-13-16(24(31)26-21(15-30)20-9-5-6-12-25-20)10-11-22(18)29(23(19)27-28)17-7-3-2-4-8-17/h5-6,9-14,17,21,30H,2-4,7-8,15H2,1H3,(H,26,31)/t21-/m0/s1. The maximum Gasteiger partial charge on any atom is 0.251 e. The zero-order valence-electron chi connectivity index (χ0n) is 17.7. The molecule has 0 aliphatic heterocycles. The average molecular weight is 418 g/mol. The minimum absolute atomic E-state index is 0.212. The molecule has 0 radical (unpaired) electrons. The van der Waals surface area contributed by atoms with Crippen LogP contribution in [0.2, 0.25) is 0 Å². The van der Waals surface area contributed by atoms with Gasteiger partial charge in [0.2, 0.25) is 0 Å². The van der Waals surface area contributed by atoms with Crippen molar-refractivity contribution in [3.63, 3.8) is 0 Å². The number of hydrogen-bond donors (Lipinski definition) is 2. The van der Waals surface area contributed by atoms with Gasteiger partial charge in [0.15, 0.2) is 5.65 Å². The molecule has 1 aromatic carbocycles. The highest BCUT2D eigenvalue weighted by atomic mass is 16.3. The molecule has 1 atom stereocenters. The maximum absolute atomic E-state index is 13.0. The van der Waals surface area contributed by atoms with Gasteiger partial charge in [0.25, 0.3) is 5.91 Å². The van der Waals surface area contributed by atoms with Crippen molar-refractivity contribution >= 4 is 27.8 Å². The number of hydrogen-bond acceptors (Lipinski definition) is 4. The number of benzene rings is 1. The van der Waals surface area contributed by atoms with Crippen LogP contribution >= 0.6 is 0 Å². The van der Waals surface area contributed by atoms with Crippen LogP contribution < -0.4 is 5.32 Å². The zero-order chi connectivity index (χ0) is 21.4. The Morgan fingerprint density at radius 3 is 2.77 bits per heavy atom. The minimum atomic E-state index is -0.547. The molecule has 160 valence electrons. The minimum Gasteiger partial charge on any atom is -0.394 e. The van der Waals surface area contributed by atoms with Gasteiger partial charge in [-0.2, -0.15) is 5.10 Å². The monoisotopic (exact) mass is 417 g/mol. The smallest absolute Gasteiger partial charge is 0.251 e.